The normalized spacial score (nSPS) is 11.2. The smallest absolute Gasteiger partial charge is 0.264 e. The zero-order valence-corrected chi connectivity index (χ0v) is 22.6. The van der Waals surface area contributed by atoms with Crippen molar-refractivity contribution in [2.45, 2.75) is 11.8 Å². The molecule has 1 amide bonds. The summed E-state index contributed by atoms with van der Waals surface area (Å²) in [6.45, 7) is 1.39. The van der Waals surface area contributed by atoms with Crippen molar-refractivity contribution >= 4 is 43.8 Å². The number of anilines is 1. The maximum absolute atomic E-state index is 13.6. The molecule has 0 radical (unpaired) electrons. The maximum atomic E-state index is 13.6. The highest BCUT2D eigenvalue weighted by atomic mass is 79.9. The van der Waals surface area contributed by atoms with Crippen LogP contribution >= 0.6 is 15.9 Å². The van der Waals surface area contributed by atoms with Gasteiger partial charge in [0.15, 0.2) is 0 Å². The average molecular weight is 576 g/mol. The first-order valence-corrected chi connectivity index (χ1v) is 12.9. The van der Waals surface area contributed by atoms with Gasteiger partial charge in [-0.3, -0.25) is 9.10 Å². The fourth-order valence-corrected chi connectivity index (χ4v) is 5.38. The number of halogens is 1. The van der Waals surface area contributed by atoms with Crippen molar-refractivity contribution < 1.29 is 27.4 Å². The van der Waals surface area contributed by atoms with Gasteiger partial charge < -0.3 is 14.2 Å². The van der Waals surface area contributed by atoms with Gasteiger partial charge in [-0.05, 0) is 71.4 Å². The van der Waals surface area contributed by atoms with Gasteiger partial charge in [-0.25, -0.2) is 13.8 Å². The van der Waals surface area contributed by atoms with Crippen LogP contribution in [0.2, 0.25) is 0 Å². The predicted octanol–water partition coefficient (Wildman–Crippen LogP) is 4.13. The van der Waals surface area contributed by atoms with Crippen molar-refractivity contribution in [2.75, 3.05) is 32.2 Å². The van der Waals surface area contributed by atoms with Crippen molar-refractivity contribution in [3.63, 3.8) is 0 Å². The van der Waals surface area contributed by atoms with Crippen molar-refractivity contribution in [1.29, 1.82) is 0 Å². The number of hydrogen-bond donors (Lipinski definition) is 1. The van der Waals surface area contributed by atoms with Gasteiger partial charge in [0.2, 0.25) is 0 Å². The van der Waals surface area contributed by atoms with Crippen LogP contribution in [0.5, 0.6) is 17.2 Å². The summed E-state index contributed by atoms with van der Waals surface area (Å²) in [4.78, 5) is 12.8. The second-order valence-corrected chi connectivity index (χ2v) is 10.3. The number of hydrazone groups is 1. The summed E-state index contributed by atoms with van der Waals surface area (Å²) in [6.07, 6.45) is 1.39. The van der Waals surface area contributed by atoms with Crippen molar-refractivity contribution in [2.24, 2.45) is 5.10 Å². The molecule has 0 aliphatic carbocycles. The van der Waals surface area contributed by atoms with Gasteiger partial charge in [0.25, 0.3) is 15.9 Å². The highest BCUT2D eigenvalue weighted by molar-refractivity contribution is 9.10. The zero-order valence-electron chi connectivity index (χ0n) is 20.2. The van der Waals surface area contributed by atoms with Gasteiger partial charge in [-0.2, -0.15) is 5.10 Å². The first-order valence-electron chi connectivity index (χ1n) is 10.7. The van der Waals surface area contributed by atoms with E-state index in [1.54, 1.807) is 42.5 Å². The molecule has 11 heteroatoms. The maximum Gasteiger partial charge on any atom is 0.264 e. The number of amides is 1. The number of carbonyl (C=O) groups is 1. The van der Waals surface area contributed by atoms with E-state index in [2.05, 4.69) is 26.5 Å². The molecular formula is C25H26BrN3O6S. The third kappa shape index (κ3) is 6.35. The second-order valence-electron chi connectivity index (χ2n) is 7.54. The Balaban J connectivity index is 1.87. The highest BCUT2D eigenvalue weighted by Crippen LogP contribution is 2.31. The molecular weight excluding hydrogens is 550 g/mol. The van der Waals surface area contributed by atoms with Crippen molar-refractivity contribution in [3.8, 4) is 17.2 Å². The number of carbonyl (C=O) groups excluding carboxylic acids is 1. The monoisotopic (exact) mass is 575 g/mol. The summed E-state index contributed by atoms with van der Waals surface area (Å²) in [5.74, 6) is 0.967. The number of nitrogens with zero attached hydrogens (tertiary/aromatic N) is 2. The summed E-state index contributed by atoms with van der Waals surface area (Å²) in [6, 6.07) is 16.4. The van der Waals surface area contributed by atoms with E-state index in [1.165, 1.54) is 45.7 Å². The third-order valence-electron chi connectivity index (χ3n) is 5.15. The first-order chi connectivity index (χ1) is 17.2. The van der Waals surface area contributed by atoms with E-state index in [-0.39, 0.29) is 4.90 Å². The Morgan fingerprint density at radius 2 is 1.64 bits per heavy atom. The summed E-state index contributed by atoms with van der Waals surface area (Å²) >= 11 is 3.32. The first kappa shape index (κ1) is 27.0. The number of methoxy groups -OCH3 is 3. The molecule has 3 aromatic carbocycles. The lowest BCUT2D eigenvalue weighted by molar-refractivity contribution is -0.119. The molecule has 3 aromatic rings. The number of aryl methyl sites for hydroxylation is 1. The lowest BCUT2D eigenvalue weighted by atomic mass is 10.2. The molecule has 0 atom stereocenters. The Labute approximate surface area is 218 Å². The molecule has 0 aromatic heterocycles. The van der Waals surface area contributed by atoms with E-state index in [0.29, 0.717) is 33.0 Å². The van der Waals surface area contributed by atoms with Gasteiger partial charge >= 0.3 is 0 Å². The number of ether oxygens (including phenoxy) is 3. The summed E-state index contributed by atoms with van der Waals surface area (Å²) < 4.78 is 44.3. The van der Waals surface area contributed by atoms with Gasteiger partial charge in [0, 0.05) is 5.56 Å². The number of benzene rings is 3. The van der Waals surface area contributed by atoms with Crippen LogP contribution in [0.3, 0.4) is 0 Å². The fourth-order valence-electron chi connectivity index (χ4n) is 3.24. The Kier molecular flexibility index (Phi) is 8.94. The Morgan fingerprint density at radius 1 is 0.972 bits per heavy atom. The van der Waals surface area contributed by atoms with Crippen molar-refractivity contribution in [1.82, 2.24) is 5.43 Å². The quantitative estimate of drug-likeness (QED) is 0.288. The Morgan fingerprint density at radius 3 is 2.25 bits per heavy atom. The number of hydrogen-bond acceptors (Lipinski definition) is 7. The number of rotatable bonds is 10. The molecule has 0 heterocycles. The van der Waals surface area contributed by atoms with Crippen LogP contribution in [0.25, 0.3) is 0 Å². The zero-order chi connectivity index (χ0) is 26.3. The van der Waals surface area contributed by atoms with E-state index in [9.17, 15) is 13.2 Å². The molecule has 9 nitrogen and oxygen atoms in total. The van der Waals surface area contributed by atoms with E-state index in [4.69, 9.17) is 14.2 Å². The summed E-state index contributed by atoms with van der Waals surface area (Å²) in [5, 5.41) is 3.97. The summed E-state index contributed by atoms with van der Waals surface area (Å²) in [5.41, 5.74) is 4.24. The molecule has 1 N–H and O–H groups in total. The van der Waals surface area contributed by atoms with Crippen LogP contribution in [0.15, 0.2) is 75.1 Å². The Bertz CT molecular complexity index is 1360. The van der Waals surface area contributed by atoms with Gasteiger partial charge in [-0.15, -0.1) is 0 Å². The molecule has 3 rings (SSSR count). The molecule has 36 heavy (non-hydrogen) atoms. The van der Waals surface area contributed by atoms with Crippen LogP contribution < -0.4 is 23.9 Å². The molecule has 0 saturated heterocycles. The second kappa shape index (κ2) is 11.9. The fraction of sp³-hybridized carbons (Fsp3) is 0.200. The van der Waals surface area contributed by atoms with E-state index in [1.807, 2.05) is 6.92 Å². The molecule has 0 bridgehead atoms. The molecule has 0 spiro atoms. The standard InChI is InChI=1S/C25H26BrN3O6S/c1-17-5-7-19(8-6-17)29(36(31,32)21-10-12-24(35-4)22(26)14-21)16-25(30)28-27-15-18-13-20(33-2)9-11-23(18)34-3/h5-15H,16H2,1-4H3,(H,28,30)/b27-15+. The van der Waals surface area contributed by atoms with E-state index < -0.39 is 22.5 Å². The van der Waals surface area contributed by atoms with Gasteiger partial charge in [0.05, 0.1) is 42.6 Å². The number of nitrogens with one attached hydrogen (secondary N) is 1. The SMILES string of the molecule is COc1ccc(OC)c(/C=N/NC(=O)CN(c2ccc(C)cc2)S(=O)(=O)c2ccc(OC)c(Br)c2)c1. The molecule has 190 valence electrons. The molecule has 0 saturated carbocycles. The lowest BCUT2D eigenvalue weighted by Crippen LogP contribution is -2.39. The molecule has 0 aliphatic rings. The molecule has 0 fully saturated rings. The van der Waals surface area contributed by atoms with Crippen LogP contribution in [0, 0.1) is 6.92 Å². The van der Waals surface area contributed by atoms with E-state index >= 15 is 0 Å². The van der Waals surface area contributed by atoms with Gasteiger partial charge in [0.1, 0.15) is 23.8 Å². The third-order valence-corrected chi connectivity index (χ3v) is 7.54. The highest BCUT2D eigenvalue weighted by Gasteiger charge is 2.28. The lowest BCUT2D eigenvalue weighted by Gasteiger charge is -2.24. The molecule has 0 unspecified atom stereocenters. The van der Waals surface area contributed by atoms with Crippen molar-refractivity contribution in [3.05, 3.63) is 76.3 Å². The average Bonchev–Trinajstić information content (AvgIpc) is 2.87. The van der Waals surface area contributed by atoms with Crippen LogP contribution in [0.4, 0.5) is 5.69 Å². The molecule has 0 aliphatic heterocycles. The minimum Gasteiger partial charge on any atom is -0.497 e. The summed E-state index contributed by atoms with van der Waals surface area (Å²) in [7, 11) is 0.424. The number of sulfonamides is 1. The van der Waals surface area contributed by atoms with Crippen LogP contribution in [-0.4, -0.2) is 48.4 Å². The topological polar surface area (TPSA) is 107 Å². The predicted molar refractivity (Wildman–Crippen MR) is 142 cm³/mol. The Hall–Kier alpha value is -3.57. The van der Waals surface area contributed by atoms with E-state index in [0.717, 1.165) is 9.87 Å². The van der Waals surface area contributed by atoms with Gasteiger partial charge in [-0.1, -0.05) is 17.7 Å². The largest absolute Gasteiger partial charge is 0.497 e. The van der Waals surface area contributed by atoms with Crippen LogP contribution in [0.1, 0.15) is 11.1 Å². The minimum atomic E-state index is -4.11. The minimum absolute atomic E-state index is 0.00633. The van der Waals surface area contributed by atoms with Crippen LogP contribution in [-0.2, 0) is 14.8 Å².